The van der Waals surface area contributed by atoms with E-state index in [1.807, 2.05) is 52.0 Å². The number of nitrogens with zero attached hydrogens (tertiary/aromatic N) is 1. The molecule has 0 heterocycles. The molecule has 192 valence electrons. The van der Waals surface area contributed by atoms with E-state index in [1.165, 1.54) is 0 Å². The molecule has 6 nitrogen and oxygen atoms in total. The highest BCUT2D eigenvalue weighted by molar-refractivity contribution is 6.42. The number of benzene rings is 2. The van der Waals surface area contributed by atoms with Crippen LogP contribution < -0.4 is 14.8 Å². The van der Waals surface area contributed by atoms with E-state index in [2.05, 4.69) is 5.32 Å². The minimum absolute atomic E-state index is 0.0210. The van der Waals surface area contributed by atoms with E-state index in [1.54, 1.807) is 24.0 Å². The van der Waals surface area contributed by atoms with Gasteiger partial charge in [0.05, 0.1) is 23.3 Å². The molecule has 0 bridgehead atoms. The number of carbonyl (C=O) groups excluding carboxylic acids is 2. The highest BCUT2D eigenvalue weighted by atomic mass is 35.5. The van der Waals surface area contributed by atoms with Gasteiger partial charge in [0, 0.05) is 19.0 Å². The molecule has 2 amide bonds. The number of aryl methyl sites for hydroxylation is 1. The van der Waals surface area contributed by atoms with Crippen molar-refractivity contribution in [2.24, 2.45) is 0 Å². The molecule has 0 spiro atoms. The summed E-state index contributed by atoms with van der Waals surface area (Å²) in [6.07, 6.45) is 1.55. The van der Waals surface area contributed by atoms with Crippen LogP contribution in [0.5, 0.6) is 11.5 Å². The van der Waals surface area contributed by atoms with Crippen molar-refractivity contribution in [3.63, 3.8) is 0 Å². The second-order valence-electron chi connectivity index (χ2n) is 8.41. The third-order valence-corrected chi connectivity index (χ3v) is 6.48. The standard InChI is InChI=1S/C27H36Cl2N2O4/c1-6-18(4)30-27(33)19(5)31(17-21-9-12-22(28)23(29)15-21)26(32)14-11-20-10-13-24(34-7-2)25(16-20)35-8-3/h9-10,12-13,15-16,18-19H,6-8,11,14,17H2,1-5H3,(H,30,33). The molecule has 2 rings (SSSR count). The van der Waals surface area contributed by atoms with Crippen LogP contribution in [-0.4, -0.2) is 42.0 Å². The zero-order chi connectivity index (χ0) is 26.0. The summed E-state index contributed by atoms with van der Waals surface area (Å²) in [6.45, 7) is 10.8. The number of ether oxygens (including phenoxy) is 2. The predicted octanol–water partition coefficient (Wildman–Crippen LogP) is 6.06. The monoisotopic (exact) mass is 522 g/mol. The summed E-state index contributed by atoms with van der Waals surface area (Å²) in [4.78, 5) is 27.9. The Balaban J connectivity index is 2.21. The number of rotatable bonds is 13. The first-order valence-corrected chi connectivity index (χ1v) is 12.9. The van der Waals surface area contributed by atoms with Crippen LogP contribution in [0, 0.1) is 0 Å². The Morgan fingerprint density at radius 1 is 0.914 bits per heavy atom. The average Bonchev–Trinajstić information content (AvgIpc) is 2.84. The van der Waals surface area contributed by atoms with Gasteiger partial charge in [-0.15, -0.1) is 0 Å². The van der Waals surface area contributed by atoms with Gasteiger partial charge in [-0.1, -0.05) is 42.3 Å². The Morgan fingerprint density at radius 2 is 1.57 bits per heavy atom. The lowest BCUT2D eigenvalue weighted by Gasteiger charge is -2.30. The van der Waals surface area contributed by atoms with E-state index >= 15 is 0 Å². The zero-order valence-corrected chi connectivity index (χ0v) is 22.7. The molecule has 35 heavy (non-hydrogen) atoms. The number of hydrogen-bond acceptors (Lipinski definition) is 4. The van der Waals surface area contributed by atoms with Gasteiger partial charge in [0.1, 0.15) is 6.04 Å². The molecule has 2 atom stereocenters. The van der Waals surface area contributed by atoms with Crippen molar-refractivity contribution in [1.29, 1.82) is 0 Å². The molecule has 2 aromatic rings. The molecule has 0 aliphatic carbocycles. The zero-order valence-electron chi connectivity index (χ0n) is 21.2. The Kier molecular flexibility index (Phi) is 11.7. The molecule has 0 aromatic heterocycles. The maximum absolute atomic E-state index is 13.4. The van der Waals surface area contributed by atoms with Crippen LogP contribution >= 0.6 is 23.2 Å². The molecule has 8 heteroatoms. The van der Waals surface area contributed by atoms with Gasteiger partial charge in [0.25, 0.3) is 0 Å². The van der Waals surface area contributed by atoms with E-state index < -0.39 is 6.04 Å². The fraction of sp³-hybridized carbons (Fsp3) is 0.481. The second kappa shape index (κ2) is 14.2. The molecule has 2 unspecified atom stereocenters. The fourth-order valence-electron chi connectivity index (χ4n) is 3.53. The number of nitrogens with one attached hydrogen (secondary N) is 1. The molecular weight excluding hydrogens is 487 g/mol. The van der Waals surface area contributed by atoms with Crippen LogP contribution in [0.4, 0.5) is 0 Å². The SMILES string of the molecule is CCOc1ccc(CCC(=O)N(Cc2ccc(Cl)c(Cl)c2)C(C)C(=O)NC(C)CC)cc1OCC. The molecule has 0 saturated heterocycles. The van der Waals surface area contributed by atoms with Crippen molar-refractivity contribution in [2.45, 2.75) is 72.5 Å². The van der Waals surface area contributed by atoms with Crippen molar-refractivity contribution >= 4 is 35.0 Å². The molecule has 0 fully saturated rings. The highest BCUT2D eigenvalue weighted by Gasteiger charge is 2.27. The average molecular weight is 524 g/mol. The summed E-state index contributed by atoms with van der Waals surface area (Å²) in [5, 5.41) is 3.82. The molecule has 2 aromatic carbocycles. The second-order valence-corrected chi connectivity index (χ2v) is 9.23. The Bertz CT molecular complexity index is 999. The van der Waals surface area contributed by atoms with Crippen LogP contribution in [0.2, 0.25) is 10.0 Å². The summed E-state index contributed by atoms with van der Waals surface area (Å²) in [6, 6.07) is 10.3. The fourth-order valence-corrected chi connectivity index (χ4v) is 3.85. The number of hydrogen-bond donors (Lipinski definition) is 1. The van der Waals surface area contributed by atoms with E-state index in [0.717, 1.165) is 17.5 Å². The quantitative estimate of drug-likeness (QED) is 0.347. The normalized spacial score (nSPS) is 12.5. The van der Waals surface area contributed by atoms with Gasteiger partial charge >= 0.3 is 0 Å². The van der Waals surface area contributed by atoms with Gasteiger partial charge in [-0.25, -0.2) is 0 Å². The maximum atomic E-state index is 13.4. The van der Waals surface area contributed by atoms with Crippen LogP contribution in [0.25, 0.3) is 0 Å². The van der Waals surface area contributed by atoms with E-state index in [9.17, 15) is 9.59 Å². The van der Waals surface area contributed by atoms with Crippen LogP contribution in [0.15, 0.2) is 36.4 Å². The van der Waals surface area contributed by atoms with Crippen molar-refractivity contribution in [2.75, 3.05) is 13.2 Å². The summed E-state index contributed by atoms with van der Waals surface area (Å²) < 4.78 is 11.3. The lowest BCUT2D eigenvalue weighted by atomic mass is 10.1. The topological polar surface area (TPSA) is 67.9 Å². The first-order valence-electron chi connectivity index (χ1n) is 12.1. The Morgan fingerprint density at radius 3 is 2.20 bits per heavy atom. The number of amides is 2. The van der Waals surface area contributed by atoms with Gasteiger partial charge in [-0.05, 0) is 75.9 Å². The third kappa shape index (κ3) is 8.62. The van der Waals surface area contributed by atoms with Crippen molar-refractivity contribution in [3.05, 3.63) is 57.6 Å². The maximum Gasteiger partial charge on any atom is 0.242 e. The molecule has 0 aliphatic rings. The minimum Gasteiger partial charge on any atom is -0.490 e. The molecule has 1 N–H and O–H groups in total. The third-order valence-electron chi connectivity index (χ3n) is 5.74. The van der Waals surface area contributed by atoms with Crippen LogP contribution in [0.1, 0.15) is 58.6 Å². The van der Waals surface area contributed by atoms with Crippen LogP contribution in [0.3, 0.4) is 0 Å². The molecule has 0 radical (unpaired) electrons. The van der Waals surface area contributed by atoms with Crippen molar-refractivity contribution in [1.82, 2.24) is 10.2 Å². The summed E-state index contributed by atoms with van der Waals surface area (Å²) in [7, 11) is 0. The summed E-state index contributed by atoms with van der Waals surface area (Å²) >= 11 is 12.2. The van der Waals surface area contributed by atoms with Gasteiger partial charge in [0.15, 0.2) is 11.5 Å². The van der Waals surface area contributed by atoms with Gasteiger partial charge in [0.2, 0.25) is 11.8 Å². The highest BCUT2D eigenvalue weighted by Crippen LogP contribution is 2.29. The first kappa shape index (κ1) is 28.8. The van der Waals surface area contributed by atoms with E-state index in [0.29, 0.717) is 41.2 Å². The first-order chi connectivity index (χ1) is 16.7. The van der Waals surface area contributed by atoms with Crippen molar-refractivity contribution < 1.29 is 19.1 Å². The molecule has 0 saturated carbocycles. The largest absolute Gasteiger partial charge is 0.490 e. The predicted molar refractivity (Wildman–Crippen MR) is 141 cm³/mol. The lowest BCUT2D eigenvalue weighted by Crippen LogP contribution is -2.49. The van der Waals surface area contributed by atoms with Gasteiger partial charge in [-0.2, -0.15) is 0 Å². The Labute approximate surface area is 218 Å². The number of carbonyl (C=O) groups is 2. The minimum atomic E-state index is -0.648. The molecule has 0 aliphatic heterocycles. The van der Waals surface area contributed by atoms with Gasteiger partial charge in [-0.3, -0.25) is 9.59 Å². The van der Waals surface area contributed by atoms with E-state index in [-0.39, 0.29) is 30.8 Å². The smallest absolute Gasteiger partial charge is 0.242 e. The Hall–Kier alpha value is -2.44. The van der Waals surface area contributed by atoms with Crippen LogP contribution in [-0.2, 0) is 22.6 Å². The summed E-state index contributed by atoms with van der Waals surface area (Å²) in [5.74, 6) is 1.02. The molecular formula is C27H36Cl2N2O4. The van der Waals surface area contributed by atoms with Crippen molar-refractivity contribution in [3.8, 4) is 11.5 Å². The van der Waals surface area contributed by atoms with E-state index in [4.69, 9.17) is 32.7 Å². The lowest BCUT2D eigenvalue weighted by molar-refractivity contribution is -0.140. The number of halogens is 2. The summed E-state index contributed by atoms with van der Waals surface area (Å²) in [5.41, 5.74) is 1.76. The van der Waals surface area contributed by atoms with Gasteiger partial charge < -0.3 is 19.7 Å².